The minimum Gasteiger partial charge on any atom is -0.281 e. The van der Waals surface area contributed by atoms with E-state index in [9.17, 15) is 10.0 Å². The number of aryl methyl sites for hydroxylation is 1. The van der Waals surface area contributed by atoms with Gasteiger partial charge in [0.2, 0.25) is 0 Å². The van der Waals surface area contributed by atoms with E-state index in [0.29, 0.717) is 16.3 Å². The van der Waals surface area contributed by atoms with Crippen LogP contribution in [0.4, 0.5) is 5.69 Å². The second-order valence-corrected chi connectivity index (χ2v) is 3.82. The molecule has 1 amide bonds. The van der Waals surface area contributed by atoms with Crippen LogP contribution < -0.4 is 5.06 Å². The van der Waals surface area contributed by atoms with Crippen molar-refractivity contribution in [2.75, 3.05) is 5.06 Å². The molecule has 2 aromatic carbocycles. The summed E-state index contributed by atoms with van der Waals surface area (Å²) in [4.78, 5) is 11.9. The highest BCUT2D eigenvalue weighted by atomic mass is 16.5. The van der Waals surface area contributed by atoms with Crippen LogP contribution in [-0.2, 0) is 0 Å². The van der Waals surface area contributed by atoms with E-state index in [-0.39, 0.29) is 0 Å². The maximum absolute atomic E-state index is 11.9. The van der Waals surface area contributed by atoms with Crippen molar-refractivity contribution in [3.05, 3.63) is 65.7 Å². The van der Waals surface area contributed by atoms with Crippen LogP contribution in [0.1, 0.15) is 15.9 Å². The van der Waals surface area contributed by atoms with E-state index in [4.69, 9.17) is 0 Å². The van der Waals surface area contributed by atoms with Crippen LogP contribution in [0.25, 0.3) is 0 Å². The van der Waals surface area contributed by atoms with E-state index in [0.717, 1.165) is 5.56 Å². The van der Waals surface area contributed by atoms with E-state index < -0.39 is 5.91 Å². The molecule has 0 aliphatic rings. The third kappa shape index (κ3) is 2.52. The molecule has 0 aromatic heterocycles. The lowest BCUT2D eigenvalue weighted by Crippen LogP contribution is -2.26. The molecule has 2 rings (SSSR count). The third-order valence-electron chi connectivity index (χ3n) is 2.49. The van der Waals surface area contributed by atoms with Crippen LogP contribution in [0.3, 0.4) is 0 Å². The number of amides is 1. The number of rotatable bonds is 2. The fourth-order valence-electron chi connectivity index (χ4n) is 1.50. The Kier molecular flexibility index (Phi) is 3.21. The van der Waals surface area contributed by atoms with Crippen LogP contribution in [-0.4, -0.2) is 11.1 Å². The fourth-order valence-corrected chi connectivity index (χ4v) is 1.50. The molecule has 86 valence electrons. The summed E-state index contributed by atoms with van der Waals surface area (Å²) in [5.41, 5.74) is 1.99. The topological polar surface area (TPSA) is 40.5 Å². The van der Waals surface area contributed by atoms with Crippen molar-refractivity contribution < 1.29 is 10.0 Å². The van der Waals surface area contributed by atoms with Gasteiger partial charge in [0, 0.05) is 5.56 Å². The number of hydrogen-bond acceptors (Lipinski definition) is 2. The molecule has 1 N–H and O–H groups in total. The molecule has 0 heterocycles. The van der Waals surface area contributed by atoms with Crippen LogP contribution >= 0.6 is 0 Å². The molecule has 17 heavy (non-hydrogen) atoms. The summed E-state index contributed by atoms with van der Waals surface area (Å²) < 4.78 is 0. The molecule has 0 spiro atoms. The number of nitrogens with zero attached hydrogens (tertiary/aromatic N) is 1. The lowest BCUT2D eigenvalue weighted by molar-refractivity contribution is 0.0855. The van der Waals surface area contributed by atoms with E-state index in [1.807, 2.05) is 25.1 Å². The van der Waals surface area contributed by atoms with Gasteiger partial charge in [-0.05, 0) is 31.2 Å². The first-order valence-corrected chi connectivity index (χ1v) is 5.33. The van der Waals surface area contributed by atoms with E-state index in [2.05, 4.69) is 0 Å². The largest absolute Gasteiger partial charge is 0.281 e. The van der Waals surface area contributed by atoms with Gasteiger partial charge < -0.3 is 0 Å². The highest BCUT2D eigenvalue weighted by Crippen LogP contribution is 2.14. The first kappa shape index (κ1) is 11.4. The van der Waals surface area contributed by atoms with Crippen molar-refractivity contribution in [3.8, 4) is 0 Å². The van der Waals surface area contributed by atoms with Crippen LogP contribution in [0, 0.1) is 6.92 Å². The number of carbonyl (C=O) groups is 1. The molecular weight excluding hydrogens is 214 g/mol. The summed E-state index contributed by atoms with van der Waals surface area (Å²) in [5, 5.41) is 10.5. The maximum Gasteiger partial charge on any atom is 0.281 e. The van der Waals surface area contributed by atoms with Crippen LogP contribution in [0.5, 0.6) is 0 Å². The van der Waals surface area contributed by atoms with Gasteiger partial charge in [0.15, 0.2) is 0 Å². The Balaban J connectivity index is 2.23. The third-order valence-corrected chi connectivity index (χ3v) is 2.49. The minimum atomic E-state index is -0.434. The zero-order valence-corrected chi connectivity index (χ0v) is 9.50. The average Bonchev–Trinajstić information content (AvgIpc) is 2.39. The summed E-state index contributed by atoms with van der Waals surface area (Å²) in [6.07, 6.45) is 0. The summed E-state index contributed by atoms with van der Waals surface area (Å²) in [5.74, 6) is -0.434. The van der Waals surface area contributed by atoms with Crippen molar-refractivity contribution in [1.82, 2.24) is 0 Å². The van der Waals surface area contributed by atoms with Gasteiger partial charge in [-0.1, -0.05) is 35.9 Å². The average molecular weight is 227 g/mol. The first-order chi connectivity index (χ1) is 8.18. The standard InChI is InChI=1S/C14H13NO2/c1-11-7-9-12(10-8-11)14(16)15(17)13-5-3-2-4-6-13/h2-10,17H,1H3. The molecule has 0 bridgehead atoms. The highest BCUT2D eigenvalue weighted by Gasteiger charge is 2.14. The summed E-state index contributed by atoms with van der Waals surface area (Å²) >= 11 is 0. The van der Waals surface area contributed by atoms with Crippen molar-refractivity contribution in [2.24, 2.45) is 0 Å². The normalized spacial score (nSPS) is 10.0. The van der Waals surface area contributed by atoms with Gasteiger partial charge in [0.05, 0.1) is 5.69 Å². The molecule has 0 atom stereocenters. The van der Waals surface area contributed by atoms with E-state index in [1.165, 1.54) is 0 Å². The Labute approximate surface area is 99.9 Å². The lowest BCUT2D eigenvalue weighted by Gasteiger charge is -2.14. The SMILES string of the molecule is Cc1ccc(C(=O)N(O)c2ccccc2)cc1. The smallest absolute Gasteiger partial charge is 0.281 e. The first-order valence-electron chi connectivity index (χ1n) is 5.33. The molecule has 3 heteroatoms. The second-order valence-electron chi connectivity index (χ2n) is 3.82. The quantitative estimate of drug-likeness (QED) is 0.632. The summed E-state index contributed by atoms with van der Waals surface area (Å²) in [7, 11) is 0. The van der Waals surface area contributed by atoms with Gasteiger partial charge in [-0.3, -0.25) is 10.0 Å². The van der Waals surface area contributed by atoms with Gasteiger partial charge >= 0.3 is 0 Å². The van der Waals surface area contributed by atoms with Gasteiger partial charge in [-0.2, -0.15) is 5.06 Å². The Hall–Kier alpha value is -2.13. The van der Waals surface area contributed by atoms with Gasteiger partial charge in [-0.15, -0.1) is 0 Å². The summed E-state index contributed by atoms with van der Waals surface area (Å²) in [6.45, 7) is 1.95. The van der Waals surface area contributed by atoms with E-state index in [1.54, 1.807) is 36.4 Å². The predicted molar refractivity (Wildman–Crippen MR) is 66.2 cm³/mol. The molecule has 0 fully saturated rings. The van der Waals surface area contributed by atoms with Gasteiger partial charge in [0.1, 0.15) is 0 Å². The summed E-state index contributed by atoms with van der Waals surface area (Å²) in [6, 6.07) is 15.8. The number of hydroxylamine groups is 1. The lowest BCUT2D eigenvalue weighted by atomic mass is 10.1. The monoisotopic (exact) mass is 227 g/mol. The molecule has 0 aliphatic heterocycles. The number of benzene rings is 2. The molecule has 0 radical (unpaired) electrons. The Morgan fingerprint density at radius 2 is 1.59 bits per heavy atom. The van der Waals surface area contributed by atoms with Crippen molar-refractivity contribution >= 4 is 11.6 Å². The molecule has 0 unspecified atom stereocenters. The van der Waals surface area contributed by atoms with Crippen molar-refractivity contribution in [2.45, 2.75) is 6.92 Å². The van der Waals surface area contributed by atoms with Crippen LogP contribution in [0.15, 0.2) is 54.6 Å². The molecule has 0 saturated carbocycles. The Morgan fingerprint density at radius 1 is 1.00 bits per heavy atom. The van der Waals surface area contributed by atoms with Crippen LogP contribution in [0.2, 0.25) is 0 Å². The molecule has 0 aliphatic carbocycles. The number of carbonyl (C=O) groups excluding carboxylic acids is 1. The van der Waals surface area contributed by atoms with Gasteiger partial charge in [0.25, 0.3) is 5.91 Å². The van der Waals surface area contributed by atoms with Crippen molar-refractivity contribution in [3.63, 3.8) is 0 Å². The number of anilines is 1. The minimum absolute atomic E-state index is 0.434. The number of para-hydroxylation sites is 1. The molecular formula is C14H13NO2. The predicted octanol–water partition coefficient (Wildman–Crippen LogP) is 3.03. The maximum atomic E-state index is 11.9. The molecule has 0 saturated heterocycles. The highest BCUT2D eigenvalue weighted by molar-refractivity contribution is 6.04. The van der Waals surface area contributed by atoms with Crippen molar-refractivity contribution in [1.29, 1.82) is 0 Å². The van der Waals surface area contributed by atoms with Gasteiger partial charge in [-0.25, -0.2) is 0 Å². The fraction of sp³-hybridized carbons (Fsp3) is 0.0714. The molecule has 3 nitrogen and oxygen atoms in total. The second kappa shape index (κ2) is 4.80. The Morgan fingerprint density at radius 3 is 2.18 bits per heavy atom. The molecule has 2 aromatic rings. The number of hydrogen-bond donors (Lipinski definition) is 1. The zero-order chi connectivity index (χ0) is 12.3. The Bertz CT molecular complexity index is 506. The zero-order valence-electron chi connectivity index (χ0n) is 9.50. The van der Waals surface area contributed by atoms with E-state index >= 15 is 0 Å².